The van der Waals surface area contributed by atoms with E-state index in [0.717, 1.165) is 10.5 Å². The number of hydrogen-bond donors (Lipinski definition) is 2. The van der Waals surface area contributed by atoms with E-state index in [9.17, 15) is 19.2 Å². The highest BCUT2D eigenvalue weighted by Crippen LogP contribution is 2.13. The molecule has 0 unspecified atom stereocenters. The van der Waals surface area contributed by atoms with E-state index in [0.29, 0.717) is 16.8 Å². The molecule has 1 fully saturated rings. The van der Waals surface area contributed by atoms with Crippen LogP contribution in [0.1, 0.15) is 21.5 Å². The highest BCUT2D eigenvalue weighted by Gasteiger charge is 2.28. The Morgan fingerprint density at radius 3 is 2.52 bits per heavy atom. The minimum Gasteiger partial charge on any atom is -0.332 e. The first-order chi connectivity index (χ1) is 13.8. The van der Waals surface area contributed by atoms with Gasteiger partial charge in [-0.05, 0) is 36.8 Å². The summed E-state index contributed by atoms with van der Waals surface area (Å²) in [4.78, 5) is 50.7. The van der Waals surface area contributed by atoms with Crippen molar-refractivity contribution in [3.05, 3.63) is 65.2 Å². The molecule has 2 aromatic rings. The van der Waals surface area contributed by atoms with Crippen LogP contribution in [0.15, 0.2) is 48.5 Å². The van der Waals surface area contributed by atoms with Crippen LogP contribution in [0, 0.1) is 6.92 Å². The fourth-order valence-corrected chi connectivity index (χ4v) is 2.95. The number of imide groups is 1. The van der Waals surface area contributed by atoms with Crippen LogP contribution in [0.2, 0.25) is 0 Å². The summed E-state index contributed by atoms with van der Waals surface area (Å²) in [6, 6.07) is 13.6. The van der Waals surface area contributed by atoms with E-state index in [1.54, 1.807) is 43.4 Å². The maximum atomic E-state index is 12.7. The number of nitrogens with zero attached hydrogens (tertiary/aromatic N) is 2. The van der Waals surface area contributed by atoms with Gasteiger partial charge in [-0.15, -0.1) is 0 Å². The number of nitrogens with one attached hydrogen (secondary N) is 2. The molecule has 29 heavy (non-hydrogen) atoms. The summed E-state index contributed by atoms with van der Waals surface area (Å²) in [6.07, 6.45) is 0. The summed E-state index contributed by atoms with van der Waals surface area (Å²) in [5.41, 5.74) is 2.78. The van der Waals surface area contributed by atoms with Gasteiger partial charge in [-0.25, -0.2) is 4.79 Å². The number of hydrogen-bond acceptors (Lipinski definition) is 4. The van der Waals surface area contributed by atoms with E-state index in [2.05, 4.69) is 10.6 Å². The summed E-state index contributed by atoms with van der Waals surface area (Å²) < 4.78 is 0. The Labute approximate surface area is 168 Å². The lowest BCUT2D eigenvalue weighted by molar-refractivity contribution is -0.125. The average molecular weight is 394 g/mol. The van der Waals surface area contributed by atoms with Crippen LogP contribution in [0.25, 0.3) is 0 Å². The molecular weight excluding hydrogens is 372 g/mol. The molecule has 8 heteroatoms. The van der Waals surface area contributed by atoms with Crippen molar-refractivity contribution in [1.29, 1.82) is 0 Å². The van der Waals surface area contributed by atoms with Crippen molar-refractivity contribution in [1.82, 2.24) is 15.1 Å². The zero-order chi connectivity index (χ0) is 21.0. The van der Waals surface area contributed by atoms with E-state index >= 15 is 0 Å². The third-order valence-corrected chi connectivity index (χ3v) is 4.51. The van der Waals surface area contributed by atoms with E-state index < -0.39 is 6.03 Å². The van der Waals surface area contributed by atoms with Gasteiger partial charge in [0.25, 0.3) is 5.91 Å². The smallest absolute Gasteiger partial charge is 0.324 e. The van der Waals surface area contributed by atoms with E-state index in [-0.39, 0.29) is 37.4 Å². The third kappa shape index (κ3) is 4.98. The minimum absolute atomic E-state index is 0.0176. The Morgan fingerprint density at radius 2 is 1.86 bits per heavy atom. The summed E-state index contributed by atoms with van der Waals surface area (Å²) in [5.74, 6) is -0.945. The molecule has 0 atom stereocenters. The van der Waals surface area contributed by atoms with Gasteiger partial charge in [-0.3, -0.25) is 19.3 Å². The van der Waals surface area contributed by atoms with Gasteiger partial charge in [-0.2, -0.15) is 0 Å². The van der Waals surface area contributed by atoms with Crippen molar-refractivity contribution < 1.29 is 19.2 Å². The molecule has 150 valence electrons. The molecule has 0 saturated carbocycles. The first kappa shape index (κ1) is 20.1. The summed E-state index contributed by atoms with van der Waals surface area (Å²) in [7, 11) is 1.54. The van der Waals surface area contributed by atoms with Gasteiger partial charge in [-0.1, -0.05) is 29.8 Å². The number of urea groups is 1. The zero-order valence-corrected chi connectivity index (χ0v) is 16.3. The third-order valence-electron chi connectivity index (χ3n) is 4.51. The van der Waals surface area contributed by atoms with Crippen molar-refractivity contribution in [3.8, 4) is 0 Å². The van der Waals surface area contributed by atoms with Gasteiger partial charge in [0.1, 0.15) is 0 Å². The highest BCUT2D eigenvalue weighted by molar-refractivity contribution is 6.02. The van der Waals surface area contributed by atoms with Gasteiger partial charge in [0, 0.05) is 18.3 Å². The van der Waals surface area contributed by atoms with Crippen LogP contribution < -0.4 is 10.6 Å². The van der Waals surface area contributed by atoms with Crippen molar-refractivity contribution >= 4 is 29.4 Å². The largest absolute Gasteiger partial charge is 0.332 e. The number of rotatable bonds is 6. The molecule has 0 bridgehead atoms. The maximum absolute atomic E-state index is 12.7. The first-order valence-corrected chi connectivity index (χ1v) is 9.12. The molecule has 8 nitrogen and oxygen atoms in total. The molecule has 2 N–H and O–H groups in total. The molecule has 0 aromatic heterocycles. The topological polar surface area (TPSA) is 98.8 Å². The second-order valence-corrected chi connectivity index (χ2v) is 6.91. The molecule has 0 spiro atoms. The van der Waals surface area contributed by atoms with Gasteiger partial charge >= 0.3 is 6.03 Å². The molecule has 3 rings (SSSR count). The maximum Gasteiger partial charge on any atom is 0.324 e. The number of benzene rings is 2. The monoisotopic (exact) mass is 394 g/mol. The lowest BCUT2D eigenvalue weighted by atomic mass is 10.1. The van der Waals surface area contributed by atoms with Crippen molar-refractivity contribution in [3.63, 3.8) is 0 Å². The van der Waals surface area contributed by atoms with Gasteiger partial charge in [0.05, 0.1) is 19.6 Å². The van der Waals surface area contributed by atoms with Gasteiger partial charge < -0.3 is 15.5 Å². The molecule has 2 aromatic carbocycles. The quantitative estimate of drug-likeness (QED) is 0.730. The van der Waals surface area contributed by atoms with Crippen LogP contribution >= 0.6 is 0 Å². The molecule has 1 saturated heterocycles. The molecule has 0 radical (unpaired) electrons. The Kier molecular flexibility index (Phi) is 5.92. The Bertz CT molecular complexity index is 939. The van der Waals surface area contributed by atoms with Crippen LogP contribution in [0.3, 0.4) is 0 Å². The van der Waals surface area contributed by atoms with E-state index in [1.807, 2.05) is 19.1 Å². The average Bonchev–Trinajstić information content (AvgIpc) is 3.01. The lowest BCUT2D eigenvalue weighted by Crippen LogP contribution is -2.35. The van der Waals surface area contributed by atoms with Crippen LogP contribution in [0.5, 0.6) is 0 Å². The van der Waals surface area contributed by atoms with Crippen molar-refractivity contribution in [2.75, 3.05) is 25.5 Å². The predicted molar refractivity (Wildman–Crippen MR) is 107 cm³/mol. The molecule has 1 aliphatic heterocycles. The van der Waals surface area contributed by atoms with Crippen LogP contribution in [0.4, 0.5) is 10.5 Å². The van der Waals surface area contributed by atoms with E-state index in [4.69, 9.17) is 0 Å². The Balaban J connectivity index is 1.61. The SMILES string of the molecule is Cc1ccc(NC(=O)CN(C)C(=O)c2cccc(CN3C(=O)CNC3=O)c2)cc1. The fraction of sp³-hybridized carbons (Fsp3) is 0.238. The van der Waals surface area contributed by atoms with E-state index in [1.165, 1.54) is 4.90 Å². The molecule has 1 aliphatic rings. The Morgan fingerprint density at radius 1 is 1.14 bits per heavy atom. The predicted octanol–water partition coefficient (Wildman–Crippen LogP) is 1.76. The lowest BCUT2D eigenvalue weighted by Gasteiger charge is -2.18. The summed E-state index contributed by atoms with van der Waals surface area (Å²) in [6.45, 7) is 1.92. The van der Waals surface area contributed by atoms with Gasteiger partial charge in [0.15, 0.2) is 0 Å². The zero-order valence-electron chi connectivity index (χ0n) is 16.3. The van der Waals surface area contributed by atoms with Gasteiger partial charge in [0.2, 0.25) is 11.8 Å². The summed E-state index contributed by atoms with van der Waals surface area (Å²) >= 11 is 0. The van der Waals surface area contributed by atoms with Crippen LogP contribution in [-0.2, 0) is 16.1 Å². The first-order valence-electron chi connectivity index (χ1n) is 9.12. The number of amides is 5. The fourth-order valence-electron chi connectivity index (χ4n) is 2.95. The normalized spacial score (nSPS) is 13.2. The minimum atomic E-state index is -0.448. The number of aryl methyl sites for hydroxylation is 1. The number of carbonyl (C=O) groups excluding carboxylic acids is 4. The van der Waals surface area contributed by atoms with Crippen LogP contribution in [-0.4, -0.2) is 53.7 Å². The molecule has 5 amide bonds. The molecular formula is C21H22N4O4. The number of anilines is 1. The van der Waals surface area contributed by atoms with Crippen molar-refractivity contribution in [2.24, 2.45) is 0 Å². The second-order valence-electron chi connectivity index (χ2n) is 6.91. The Hall–Kier alpha value is -3.68. The molecule has 0 aliphatic carbocycles. The second kappa shape index (κ2) is 8.55. The number of carbonyl (C=O) groups is 4. The standard InChI is InChI=1S/C21H22N4O4/c1-14-6-8-17(9-7-14)23-18(26)13-24(2)20(28)16-5-3-4-15(10-16)12-25-19(27)11-22-21(25)29/h3-10H,11-13H2,1-2H3,(H,22,29)(H,23,26). The molecule has 1 heterocycles. The number of likely N-dealkylation sites (N-methyl/N-ethyl adjacent to an activating group) is 1. The highest BCUT2D eigenvalue weighted by atomic mass is 16.2. The summed E-state index contributed by atoms with van der Waals surface area (Å²) in [5, 5.41) is 5.21. The van der Waals surface area contributed by atoms with Crippen molar-refractivity contribution in [2.45, 2.75) is 13.5 Å².